The summed E-state index contributed by atoms with van der Waals surface area (Å²) in [5.74, 6) is -1.57. The molecular formula is C34H34N4O5. The third-order valence-corrected chi connectivity index (χ3v) is 6.78. The molecule has 0 fully saturated rings. The van der Waals surface area contributed by atoms with Crippen molar-refractivity contribution in [3.05, 3.63) is 137 Å². The van der Waals surface area contributed by atoms with Crippen molar-refractivity contribution in [2.75, 3.05) is 6.61 Å². The molecule has 220 valence electrons. The topological polar surface area (TPSA) is 149 Å². The number of hydrogen-bond donors (Lipinski definition) is 3. The van der Waals surface area contributed by atoms with Crippen molar-refractivity contribution >= 4 is 23.8 Å². The van der Waals surface area contributed by atoms with Gasteiger partial charge in [-0.25, -0.2) is 4.79 Å². The first-order valence-corrected chi connectivity index (χ1v) is 13.8. The van der Waals surface area contributed by atoms with Crippen molar-refractivity contribution in [2.24, 2.45) is 11.5 Å². The summed E-state index contributed by atoms with van der Waals surface area (Å²) in [5.41, 5.74) is 15.4. The van der Waals surface area contributed by atoms with Crippen LogP contribution >= 0.6 is 0 Å². The normalized spacial score (nSPS) is 11.4. The first-order chi connectivity index (χ1) is 20.8. The van der Waals surface area contributed by atoms with Gasteiger partial charge in [0.2, 0.25) is 11.8 Å². The Hall–Kier alpha value is -5.28. The van der Waals surface area contributed by atoms with Crippen molar-refractivity contribution in [1.82, 2.24) is 4.90 Å². The highest BCUT2D eigenvalue weighted by atomic mass is 16.7. The van der Waals surface area contributed by atoms with Gasteiger partial charge in [-0.2, -0.15) is 0 Å². The number of nitrogens with two attached hydrogens (primary N) is 2. The largest absolute Gasteiger partial charge is 0.513 e. The number of hydrogen-bond acceptors (Lipinski definition) is 7. The molecule has 0 saturated carbocycles. The zero-order valence-corrected chi connectivity index (χ0v) is 23.8. The first kappa shape index (κ1) is 30.7. The zero-order chi connectivity index (χ0) is 30.8. The Morgan fingerprint density at radius 3 is 1.95 bits per heavy atom. The summed E-state index contributed by atoms with van der Waals surface area (Å²) < 4.78 is 9.96. The Morgan fingerprint density at radius 1 is 0.791 bits per heavy atom. The fourth-order valence-corrected chi connectivity index (χ4v) is 4.69. The first-order valence-electron chi connectivity index (χ1n) is 13.8. The highest BCUT2D eigenvalue weighted by Gasteiger charge is 2.34. The molecule has 2 amide bonds. The molecule has 0 heterocycles. The van der Waals surface area contributed by atoms with Crippen LogP contribution in [0.3, 0.4) is 0 Å². The van der Waals surface area contributed by atoms with Crippen molar-refractivity contribution in [3.8, 4) is 5.75 Å². The van der Waals surface area contributed by atoms with Gasteiger partial charge in [-0.3, -0.25) is 19.9 Å². The minimum absolute atomic E-state index is 0.0608. The number of nitrogens with one attached hydrogen (secondary N) is 1. The molecular weight excluding hydrogens is 544 g/mol. The van der Waals surface area contributed by atoms with Gasteiger partial charge in [0.05, 0.1) is 25.1 Å². The smallest absolute Gasteiger partial charge is 0.434 e. The van der Waals surface area contributed by atoms with Gasteiger partial charge in [-0.1, -0.05) is 91.0 Å². The summed E-state index contributed by atoms with van der Waals surface area (Å²) in [7, 11) is 0. The summed E-state index contributed by atoms with van der Waals surface area (Å²) in [5, 5.41) is 7.72. The molecule has 4 aromatic carbocycles. The van der Waals surface area contributed by atoms with Gasteiger partial charge < -0.3 is 20.9 Å². The van der Waals surface area contributed by atoms with Crippen LogP contribution in [-0.4, -0.2) is 41.4 Å². The second-order valence-electron chi connectivity index (χ2n) is 9.87. The predicted octanol–water partition coefficient (Wildman–Crippen LogP) is 4.76. The van der Waals surface area contributed by atoms with Crippen LogP contribution in [0.25, 0.3) is 0 Å². The Kier molecular flexibility index (Phi) is 10.4. The number of carbonyl (C=O) groups excluding carboxylic acids is 3. The van der Waals surface area contributed by atoms with Gasteiger partial charge in [0.25, 0.3) is 0 Å². The van der Waals surface area contributed by atoms with E-state index in [9.17, 15) is 14.4 Å². The summed E-state index contributed by atoms with van der Waals surface area (Å²) in [6.07, 6.45) is -0.687. The number of imide groups is 1. The minimum Gasteiger partial charge on any atom is -0.434 e. The van der Waals surface area contributed by atoms with Gasteiger partial charge in [0.15, 0.2) is 0 Å². The van der Waals surface area contributed by atoms with Crippen molar-refractivity contribution < 1.29 is 23.9 Å². The maximum absolute atomic E-state index is 14.4. The van der Waals surface area contributed by atoms with Crippen LogP contribution in [0.2, 0.25) is 0 Å². The molecule has 0 radical (unpaired) electrons. The SMILES string of the molecule is CCOC(=O)Oc1ccc(CN(C(=O)C(N)Cc2cccc(C(=N)N)c2)C(=O)C(c2ccccc2)c2ccccc2)cc1. The quantitative estimate of drug-likeness (QED) is 0.101. The van der Waals surface area contributed by atoms with E-state index in [0.717, 1.165) is 11.1 Å². The summed E-state index contributed by atoms with van der Waals surface area (Å²) in [6.45, 7) is 1.80. The van der Waals surface area contributed by atoms with Gasteiger partial charge in [0, 0.05) is 5.56 Å². The molecule has 0 bridgehead atoms. The van der Waals surface area contributed by atoms with Crippen LogP contribution in [0.15, 0.2) is 109 Å². The zero-order valence-electron chi connectivity index (χ0n) is 23.8. The second-order valence-corrected chi connectivity index (χ2v) is 9.87. The lowest BCUT2D eigenvalue weighted by Gasteiger charge is -2.29. The second kappa shape index (κ2) is 14.6. The maximum Gasteiger partial charge on any atom is 0.513 e. The average Bonchev–Trinajstić information content (AvgIpc) is 3.01. The number of amides is 2. The Morgan fingerprint density at radius 2 is 1.40 bits per heavy atom. The lowest BCUT2D eigenvalue weighted by molar-refractivity contribution is -0.146. The molecule has 9 heteroatoms. The monoisotopic (exact) mass is 578 g/mol. The molecule has 0 aliphatic carbocycles. The van der Waals surface area contributed by atoms with E-state index in [1.165, 1.54) is 4.90 Å². The third-order valence-electron chi connectivity index (χ3n) is 6.78. The number of benzene rings is 4. The van der Waals surface area contributed by atoms with Crippen molar-refractivity contribution in [1.29, 1.82) is 5.41 Å². The lowest BCUT2D eigenvalue weighted by atomic mass is 9.89. The van der Waals surface area contributed by atoms with Gasteiger partial charge in [-0.15, -0.1) is 0 Å². The van der Waals surface area contributed by atoms with Gasteiger partial charge in [-0.05, 0) is 53.8 Å². The molecule has 0 aliphatic heterocycles. The molecule has 1 atom stereocenters. The van der Waals surface area contributed by atoms with Crippen LogP contribution in [0, 0.1) is 5.41 Å². The van der Waals surface area contributed by atoms with E-state index < -0.39 is 29.9 Å². The minimum atomic E-state index is -1.05. The fraction of sp³-hybridized carbons (Fsp3) is 0.176. The van der Waals surface area contributed by atoms with E-state index in [4.69, 9.17) is 26.4 Å². The highest BCUT2D eigenvalue weighted by molar-refractivity contribution is 6.02. The maximum atomic E-state index is 14.4. The summed E-state index contributed by atoms with van der Waals surface area (Å²) >= 11 is 0. The summed E-state index contributed by atoms with van der Waals surface area (Å²) in [4.78, 5) is 41.3. The highest BCUT2D eigenvalue weighted by Crippen LogP contribution is 2.28. The molecule has 1 unspecified atom stereocenters. The number of nitrogen functional groups attached to an aromatic ring is 1. The van der Waals surface area contributed by atoms with Gasteiger partial charge >= 0.3 is 6.16 Å². The lowest BCUT2D eigenvalue weighted by Crippen LogP contribution is -2.49. The average molecular weight is 579 g/mol. The Labute approximate surface area is 250 Å². The molecule has 0 aliphatic rings. The third kappa shape index (κ3) is 8.15. The molecule has 0 spiro atoms. The van der Waals surface area contributed by atoms with E-state index in [1.54, 1.807) is 55.5 Å². The van der Waals surface area contributed by atoms with Crippen LogP contribution in [0.1, 0.15) is 40.7 Å². The van der Waals surface area contributed by atoms with Crippen LogP contribution < -0.4 is 16.2 Å². The van der Waals surface area contributed by atoms with Crippen LogP contribution in [0.5, 0.6) is 5.75 Å². The van der Waals surface area contributed by atoms with E-state index in [0.29, 0.717) is 16.7 Å². The molecule has 4 aromatic rings. The van der Waals surface area contributed by atoms with E-state index in [1.807, 2.05) is 60.7 Å². The molecule has 9 nitrogen and oxygen atoms in total. The molecule has 0 aromatic heterocycles. The number of nitrogens with zero attached hydrogens (tertiary/aromatic N) is 1. The number of amidine groups is 1. The standard InChI is InChI=1S/C34H34N4O5/c1-2-42-34(41)43-28-18-16-23(17-19-28)22-38(32(39)29(35)21-24-10-9-15-27(20-24)31(36)37)33(40)30(25-11-5-3-6-12-25)26-13-7-4-8-14-26/h3-20,29-30H,2,21-22,35H2,1H3,(H3,36,37). The number of carbonyl (C=O) groups is 3. The van der Waals surface area contributed by atoms with E-state index in [2.05, 4.69) is 0 Å². The summed E-state index contributed by atoms with van der Waals surface area (Å²) in [6, 6.07) is 30.9. The molecule has 0 saturated heterocycles. The van der Waals surface area contributed by atoms with E-state index in [-0.39, 0.29) is 31.2 Å². The predicted molar refractivity (Wildman–Crippen MR) is 164 cm³/mol. The van der Waals surface area contributed by atoms with E-state index >= 15 is 0 Å². The van der Waals surface area contributed by atoms with Crippen LogP contribution in [-0.2, 0) is 27.3 Å². The van der Waals surface area contributed by atoms with Crippen molar-refractivity contribution in [3.63, 3.8) is 0 Å². The Balaban J connectivity index is 1.67. The fourth-order valence-electron chi connectivity index (χ4n) is 4.69. The molecule has 5 N–H and O–H groups in total. The Bertz CT molecular complexity index is 1520. The molecule has 43 heavy (non-hydrogen) atoms. The molecule has 4 rings (SSSR count). The van der Waals surface area contributed by atoms with Crippen LogP contribution in [0.4, 0.5) is 4.79 Å². The van der Waals surface area contributed by atoms with Crippen molar-refractivity contribution in [2.45, 2.75) is 31.8 Å². The number of rotatable bonds is 11. The number of ether oxygens (including phenoxy) is 2. The van der Waals surface area contributed by atoms with Gasteiger partial charge in [0.1, 0.15) is 11.6 Å².